The number of nitrogens with zero attached hydrogens (tertiary/aromatic N) is 1. The summed E-state index contributed by atoms with van der Waals surface area (Å²) < 4.78 is 5.07. The average molecular weight is 199 g/mol. The summed E-state index contributed by atoms with van der Waals surface area (Å²) in [5.74, 6) is 0.676. The molecule has 0 heterocycles. The summed E-state index contributed by atoms with van der Waals surface area (Å²) in [6.45, 7) is 1.78. The predicted molar refractivity (Wildman–Crippen MR) is 53.7 cm³/mol. The Hall–Kier alpha value is -1.15. The van der Waals surface area contributed by atoms with Crippen LogP contribution in [-0.4, -0.2) is 12.0 Å². The van der Waals surface area contributed by atoms with Crippen LogP contribution in [0.1, 0.15) is 5.56 Å². The highest BCUT2D eigenvalue weighted by molar-refractivity contribution is 7.27. The van der Waals surface area contributed by atoms with Crippen molar-refractivity contribution in [2.75, 3.05) is 7.11 Å². The van der Waals surface area contributed by atoms with Crippen LogP contribution in [0.3, 0.4) is 0 Å². The van der Waals surface area contributed by atoms with E-state index in [1.54, 1.807) is 14.0 Å². The molecule has 0 bridgehead atoms. The number of benzene rings is 1. The number of hydrogen-bond donors (Lipinski definition) is 0. The fraction of sp³-hybridized carbons (Fsp3) is 0.250. The van der Waals surface area contributed by atoms with E-state index in [9.17, 15) is 10.1 Å². The van der Waals surface area contributed by atoms with E-state index < -0.39 is 4.92 Å². The van der Waals surface area contributed by atoms with Gasteiger partial charge in [0.15, 0.2) is 0 Å². The van der Waals surface area contributed by atoms with Gasteiger partial charge in [0.2, 0.25) is 0 Å². The molecule has 0 N–H and O–H groups in total. The zero-order valence-corrected chi connectivity index (χ0v) is 8.56. The first-order valence-corrected chi connectivity index (χ1v) is 4.22. The summed E-state index contributed by atoms with van der Waals surface area (Å²) in [5.41, 5.74) is 0.852. The third-order valence-corrected chi connectivity index (χ3v) is 2.13. The number of nitro groups is 1. The molecular formula is C8H10NO3P. The largest absolute Gasteiger partial charge is 0.496 e. The van der Waals surface area contributed by atoms with Gasteiger partial charge in [-0.25, -0.2) is 0 Å². The fourth-order valence-corrected chi connectivity index (χ4v) is 1.68. The van der Waals surface area contributed by atoms with Crippen molar-refractivity contribution < 1.29 is 9.66 Å². The Morgan fingerprint density at radius 3 is 2.54 bits per heavy atom. The highest BCUT2D eigenvalue weighted by Crippen LogP contribution is 2.22. The maximum Gasteiger partial charge on any atom is 0.270 e. The second kappa shape index (κ2) is 3.71. The minimum Gasteiger partial charge on any atom is -0.496 e. The van der Waals surface area contributed by atoms with Crippen LogP contribution in [0, 0.1) is 17.0 Å². The Morgan fingerprint density at radius 2 is 2.15 bits per heavy atom. The number of nitro benzene ring substituents is 1. The molecule has 0 saturated carbocycles. The number of aryl methyl sites for hydroxylation is 1. The molecule has 0 aliphatic rings. The molecule has 1 aromatic carbocycles. The lowest BCUT2D eigenvalue weighted by atomic mass is 10.2. The number of non-ortho nitro benzene ring substituents is 1. The molecule has 0 aromatic heterocycles. The van der Waals surface area contributed by atoms with Crippen LogP contribution < -0.4 is 10.0 Å². The summed E-state index contributed by atoms with van der Waals surface area (Å²) in [5, 5.41) is 11.2. The molecule has 0 radical (unpaired) electrons. The smallest absolute Gasteiger partial charge is 0.270 e. The second-order valence-corrected chi connectivity index (χ2v) is 3.26. The first-order chi connectivity index (χ1) is 6.06. The standard InChI is InChI=1S/C8H10NO3P/c1-5-3-6(9(10)11)4-7(13)8(5)12-2/h3-4H,13H2,1-2H3. The third kappa shape index (κ3) is 1.95. The molecule has 0 aliphatic heterocycles. The van der Waals surface area contributed by atoms with Gasteiger partial charge >= 0.3 is 0 Å². The molecule has 1 atom stereocenters. The topological polar surface area (TPSA) is 52.4 Å². The molecule has 0 fully saturated rings. The van der Waals surface area contributed by atoms with Crippen molar-refractivity contribution in [3.05, 3.63) is 27.8 Å². The summed E-state index contributed by atoms with van der Waals surface area (Å²) in [6, 6.07) is 2.96. The molecule has 1 aromatic rings. The number of methoxy groups -OCH3 is 1. The Kier molecular flexibility index (Phi) is 2.83. The molecular weight excluding hydrogens is 189 g/mol. The van der Waals surface area contributed by atoms with Gasteiger partial charge in [-0.3, -0.25) is 10.1 Å². The normalized spacial score (nSPS) is 9.77. The summed E-state index contributed by atoms with van der Waals surface area (Å²) in [7, 11) is 3.96. The molecule has 1 rings (SSSR count). The Balaban J connectivity index is 3.28. The van der Waals surface area contributed by atoms with Crippen LogP contribution in [0.2, 0.25) is 0 Å². The number of rotatable bonds is 2. The van der Waals surface area contributed by atoms with Gasteiger partial charge in [0.25, 0.3) is 5.69 Å². The van der Waals surface area contributed by atoms with Crippen molar-refractivity contribution in [1.82, 2.24) is 0 Å². The zero-order chi connectivity index (χ0) is 10.0. The zero-order valence-electron chi connectivity index (χ0n) is 7.40. The van der Waals surface area contributed by atoms with E-state index in [0.717, 1.165) is 5.56 Å². The summed E-state index contributed by atoms with van der Waals surface area (Å²) in [6.07, 6.45) is 0. The predicted octanol–water partition coefficient (Wildman–Crippen LogP) is 1.41. The van der Waals surface area contributed by atoms with Gasteiger partial charge in [0, 0.05) is 17.4 Å². The van der Waals surface area contributed by atoms with Gasteiger partial charge in [0.1, 0.15) is 5.75 Å². The minimum atomic E-state index is -0.417. The Labute approximate surface area is 78.3 Å². The molecule has 0 aliphatic carbocycles. The van der Waals surface area contributed by atoms with E-state index in [0.29, 0.717) is 11.1 Å². The lowest BCUT2D eigenvalue weighted by Gasteiger charge is -2.06. The lowest BCUT2D eigenvalue weighted by molar-refractivity contribution is -0.384. The number of ether oxygens (including phenoxy) is 1. The van der Waals surface area contributed by atoms with Crippen LogP contribution in [-0.2, 0) is 0 Å². The van der Waals surface area contributed by atoms with E-state index >= 15 is 0 Å². The molecule has 4 nitrogen and oxygen atoms in total. The third-order valence-electron chi connectivity index (χ3n) is 1.70. The summed E-state index contributed by atoms with van der Waals surface area (Å²) in [4.78, 5) is 10.0. The van der Waals surface area contributed by atoms with E-state index in [4.69, 9.17) is 4.74 Å². The van der Waals surface area contributed by atoms with E-state index in [2.05, 4.69) is 9.24 Å². The molecule has 5 heteroatoms. The van der Waals surface area contributed by atoms with Gasteiger partial charge in [-0.1, -0.05) is 0 Å². The SMILES string of the molecule is COc1c(C)cc([N+](=O)[O-])cc1P. The highest BCUT2D eigenvalue weighted by Gasteiger charge is 2.11. The van der Waals surface area contributed by atoms with E-state index in [1.807, 2.05) is 0 Å². The van der Waals surface area contributed by atoms with Crippen molar-refractivity contribution in [3.8, 4) is 5.75 Å². The van der Waals surface area contributed by atoms with Crippen molar-refractivity contribution in [1.29, 1.82) is 0 Å². The maximum atomic E-state index is 10.5. The maximum absolute atomic E-state index is 10.5. The monoisotopic (exact) mass is 199 g/mol. The highest BCUT2D eigenvalue weighted by atomic mass is 31.0. The average Bonchev–Trinajstić information content (AvgIpc) is 2.03. The van der Waals surface area contributed by atoms with Gasteiger partial charge in [-0.15, -0.1) is 9.24 Å². The molecule has 0 saturated heterocycles. The van der Waals surface area contributed by atoms with Crippen molar-refractivity contribution in [3.63, 3.8) is 0 Å². The van der Waals surface area contributed by atoms with E-state index in [-0.39, 0.29) is 5.69 Å². The van der Waals surface area contributed by atoms with Gasteiger partial charge < -0.3 is 4.74 Å². The van der Waals surface area contributed by atoms with Crippen molar-refractivity contribution in [2.24, 2.45) is 0 Å². The van der Waals surface area contributed by atoms with E-state index in [1.165, 1.54) is 12.1 Å². The van der Waals surface area contributed by atoms with Crippen LogP contribution in [0.25, 0.3) is 0 Å². The molecule has 0 spiro atoms. The fourth-order valence-electron chi connectivity index (χ4n) is 1.17. The molecule has 1 unspecified atom stereocenters. The molecule has 0 amide bonds. The lowest BCUT2D eigenvalue weighted by Crippen LogP contribution is -2.03. The first kappa shape index (κ1) is 9.93. The quantitative estimate of drug-likeness (QED) is 0.411. The van der Waals surface area contributed by atoms with Gasteiger partial charge in [-0.05, 0) is 12.5 Å². The Morgan fingerprint density at radius 1 is 1.54 bits per heavy atom. The molecule has 13 heavy (non-hydrogen) atoms. The van der Waals surface area contributed by atoms with Crippen molar-refractivity contribution >= 4 is 20.2 Å². The van der Waals surface area contributed by atoms with Gasteiger partial charge in [0.05, 0.1) is 12.0 Å². The van der Waals surface area contributed by atoms with Crippen LogP contribution in [0.15, 0.2) is 12.1 Å². The first-order valence-electron chi connectivity index (χ1n) is 3.64. The van der Waals surface area contributed by atoms with Crippen LogP contribution >= 0.6 is 9.24 Å². The second-order valence-electron chi connectivity index (χ2n) is 2.64. The molecule has 70 valence electrons. The Bertz CT molecular complexity index is 328. The van der Waals surface area contributed by atoms with Crippen LogP contribution in [0.5, 0.6) is 5.75 Å². The van der Waals surface area contributed by atoms with Crippen LogP contribution in [0.4, 0.5) is 5.69 Å². The number of hydrogen-bond acceptors (Lipinski definition) is 3. The van der Waals surface area contributed by atoms with Crippen molar-refractivity contribution in [2.45, 2.75) is 6.92 Å². The van der Waals surface area contributed by atoms with Gasteiger partial charge in [-0.2, -0.15) is 0 Å². The summed E-state index contributed by atoms with van der Waals surface area (Å²) >= 11 is 0. The minimum absolute atomic E-state index is 0.0864.